The summed E-state index contributed by atoms with van der Waals surface area (Å²) in [7, 11) is 0. The number of rotatable bonds is 6. The molecule has 6 nitrogen and oxygen atoms in total. The van der Waals surface area contributed by atoms with Gasteiger partial charge in [0.1, 0.15) is 0 Å². The van der Waals surface area contributed by atoms with E-state index in [1.54, 1.807) is 4.57 Å². The first-order valence-corrected chi connectivity index (χ1v) is 8.59. The maximum absolute atomic E-state index is 12.2. The molecule has 0 radical (unpaired) electrons. The van der Waals surface area contributed by atoms with Crippen LogP contribution in [0.4, 0.5) is 0 Å². The monoisotopic (exact) mass is 332 g/mol. The van der Waals surface area contributed by atoms with Gasteiger partial charge >= 0.3 is 5.69 Å². The lowest BCUT2D eigenvalue weighted by Crippen LogP contribution is -2.30. The van der Waals surface area contributed by atoms with Gasteiger partial charge in [-0.1, -0.05) is 41.6 Å². The standard InChI is InChI=1S/C16H20N4O2S/c1-10-3-5-12(6-4-10)9-17-14(21)11(2)23-16-19-18-15(22)20(16)13-7-8-13/h3-6,11,13H,7-9H2,1-2H3,(H,17,21)(H,18,22)/t11-/m1/s1. The molecular formula is C16H20N4O2S. The minimum absolute atomic E-state index is 0.0617. The quantitative estimate of drug-likeness (QED) is 0.793. The van der Waals surface area contributed by atoms with E-state index in [1.165, 1.54) is 17.3 Å². The van der Waals surface area contributed by atoms with Gasteiger partial charge in [0, 0.05) is 12.6 Å². The summed E-state index contributed by atoms with van der Waals surface area (Å²) in [4.78, 5) is 24.0. The predicted octanol–water partition coefficient (Wildman–Crippen LogP) is 2.01. The fourth-order valence-electron chi connectivity index (χ4n) is 2.28. The van der Waals surface area contributed by atoms with Crippen LogP contribution in [0.15, 0.2) is 34.2 Å². The molecule has 1 amide bonds. The molecule has 23 heavy (non-hydrogen) atoms. The Balaban J connectivity index is 1.57. The molecular weight excluding hydrogens is 312 g/mol. The highest BCUT2D eigenvalue weighted by Crippen LogP contribution is 2.36. The summed E-state index contributed by atoms with van der Waals surface area (Å²) in [6, 6.07) is 8.30. The van der Waals surface area contributed by atoms with Crippen LogP contribution in [0.2, 0.25) is 0 Å². The van der Waals surface area contributed by atoms with E-state index in [1.807, 2.05) is 38.1 Å². The summed E-state index contributed by atoms with van der Waals surface area (Å²) < 4.78 is 1.66. The van der Waals surface area contributed by atoms with Gasteiger partial charge in [0.15, 0.2) is 5.16 Å². The lowest BCUT2D eigenvalue weighted by molar-refractivity contribution is -0.120. The average Bonchev–Trinajstić information content (AvgIpc) is 3.30. The summed E-state index contributed by atoms with van der Waals surface area (Å²) in [6.45, 7) is 4.36. The zero-order valence-corrected chi connectivity index (χ0v) is 14.0. The smallest absolute Gasteiger partial charge is 0.344 e. The van der Waals surface area contributed by atoms with Crippen LogP contribution in [-0.2, 0) is 11.3 Å². The number of nitrogens with one attached hydrogen (secondary N) is 2. The third-order valence-electron chi connectivity index (χ3n) is 3.82. The lowest BCUT2D eigenvalue weighted by Gasteiger charge is -2.12. The Labute approximate surface area is 138 Å². The van der Waals surface area contributed by atoms with Gasteiger partial charge in [0.2, 0.25) is 5.91 Å². The zero-order valence-electron chi connectivity index (χ0n) is 13.2. The Bertz CT molecular complexity index is 746. The van der Waals surface area contributed by atoms with Crippen molar-refractivity contribution in [3.8, 4) is 0 Å². The minimum atomic E-state index is -0.312. The van der Waals surface area contributed by atoms with Gasteiger partial charge in [-0.05, 0) is 32.3 Å². The molecule has 0 spiro atoms. The van der Waals surface area contributed by atoms with Crippen molar-refractivity contribution in [3.05, 3.63) is 45.9 Å². The first-order valence-electron chi connectivity index (χ1n) is 7.71. The fourth-order valence-corrected chi connectivity index (χ4v) is 3.23. The number of aromatic nitrogens is 3. The Hall–Kier alpha value is -2.02. The van der Waals surface area contributed by atoms with Crippen LogP contribution in [0.25, 0.3) is 0 Å². The molecule has 0 aliphatic heterocycles. The number of aromatic amines is 1. The minimum Gasteiger partial charge on any atom is -0.351 e. The normalized spacial score (nSPS) is 15.4. The molecule has 0 bridgehead atoms. The summed E-state index contributed by atoms with van der Waals surface area (Å²) in [5, 5.41) is 9.71. The number of aryl methyl sites for hydroxylation is 1. The van der Waals surface area contributed by atoms with Crippen LogP contribution in [0.1, 0.15) is 36.9 Å². The number of thioether (sulfide) groups is 1. The van der Waals surface area contributed by atoms with Crippen LogP contribution in [-0.4, -0.2) is 25.9 Å². The van der Waals surface area contributed by atoms with E-state index in [9.17, 15) is 9.59 Å². The van der Waals surface area contributed by atoms with Gasteiger partial charge in [0.05, 0.1) is 5.25 Å². The Morgan fingerprint density at radius 2 is 2.13 bits per heavy atom. The van der Waals surface area contributed by atoms with Crippen molar-refractivity contribution in [2.24, 2.45) is 0 Å². The van der Waals surface area contributed by atoms with Crippen molar-refractivity contribution < 1.29 is 4.79 Å². The molecule has 1 atom stereocenters. The van der Waals surface area contributed by atoms with Crippen LogP contribution in [0, 0.1) is 6.92 Å². The van der Waals surface area contributed by atoms with Gasteiger partial charge in [-0.2, -0.15) is 0 Å². The van der Waals surface area contributed by atoms with E-state index >= 15 is 0 Å². The molecule has 1 aromatic heterocycles. The first kappa shape index (κ1) is 15.9. The molecule has 0 saturated heterocycles. The number of benzene rings is 1. The van der Waals surface area contributed by atoms with Gasteiger partial charge in [-0.15, -0.1) is 5.10 Å². The fraction of sp³-hybridized carbons (Fsp3) is 0.438. The Kier molecular flexibility index (Phi) is 4.56. The van der Waals surface area contributed by atoms with Crippen molar-refractivity contribution >= 4 is 17.7 Å². The molecule has 7 heteroatoms. The average molecular weight is 332 g/mol. The third-order valence-corrected chi connectivity index (χ3v) is 4.89. The molecule has 122 valence electrons. The number of carbonyl (C=O) groups excluding carboxylic acids is 1. The second-order valence-corrected chi connectivity index (χ2v) is 7.18. The number of carbonyl (C=O) groups is 1. The van der Waals surface area contributed by atoms with Gasteiger partial charge in [-0.25, -0.2) is 9.89 Å². The second-order valence-electron chi connectivity index (χ2n) is 5.88. The van der Waals surface area contributed by atoms with Crippen LogP contribution in [0.5, 0.6) is 0 Å². The highest BCUT2D eigenvalue weighted by atomic mass is 32.2. The van der Waals surface area contributed by atoms with E-state index in [4.69, 9.17) is 0 Å². The number of amides is 1. The van der Waals surface area contributed by atoms with Crippen LogP contribution in [0.3, 0.4) is 0 Å². The predicted molar refractivity (Wildman–Crippen MR) is 89.5 cm³/mol. The third kappa shape index (κ3) is 3.85. The van der Waals surface area contributed by atoms with E-state index < -0.39 is 0 Å². The van der Waals surface area contributed by atoms with E-state index in [0.29, 0.717) is 11.7 Å². The Morgan fingerprint density at radius 1 is 1.43 bits per heavy atom. The molecule has 3 rings (SSSR count). The molecule has 2 N–H and O–H groups in total. The number of H-pyrrole nitrogens is 1. The van der Waals surface area contributed by atoms with E-state index in [2.05, 4.69) is 15.5 Å². The number of nitrogens with zero attached hydrogens (tertiary/aromatic N) is 2. The highest BCUT2D eigenvalue weighted by molar-refractivity contribution is 8.00. The molecule has 1 saturated carbocycles. The first-order chi connectivity index (χ1) is 11.0. The zero-order chi connectivity index (χ0) is 16.4. The molecule has 1 aliphatic carbocycles. The summed E-state index contributed by atoms with van der Waals surface area (Å²) in [5.74, 6) is -0.0617. The van der Waals surface area contributed by atoms with Gasteiger partial charge in [-0.3, -0.25) is 9.36 Å². The van der Waals surface area contributed by atoms with Gasteiger partial charge < -0.3 is 5.32 Å². The van der Waals surface area contributed by atoms with Gasteiger partial charge in [0.25, 0.3) is 0 Å². The van der Waals surface area contributed by atoms with E-state index in [0.717, 1.165) is 18.4 Å². The largest absolute Gasteiger partial charge is 0.351 e. The number of hydrogen-bond acceptors (Lipinski definition) is 4. The van der Waals surface area contributed by atoms with E-state index in [-0.39, 0.29) is 22.9 Å². The summed E-state index contributed by atoms with van der Waals surface area (Å²) in [5.41, 5.74) is 2.07. The van der Waals surface area contributed by atoms with Crippen molar-refractivity contribution in [3.63, 3.8) is 0 Å². The van der Waals surface area contributed by atoms with Crippen LogP contribution < -0.4 is 11.0 Å². The molecule has 2 aromatic rings. The summed E-state index contributed by atoms with van der Waals surface area (Å²) in [6.07, 6.45) is 2.00. The molecule has 1 aliphatic rings. The molecule has 1 fully saturated rings. The van der Waals surface area contributed by atoms with Crippen molar-refractivity contribution in [1.82, 2.24) is 20.1 Å². The molecule has 1 heterocycles. The maximum atomic E-state index is 12.2. The molecule has 1 aromatic carbocycles. The summed E-state index contributed by atoms with van der Waals surface area (Å²) >= 11 is 1.31. The second kappa shape index (κ2) is 6.62. The van der Waals surface area contributed by atoms with Crippen molar-refractivity contribution in [2.45, 2.75) is 49.7 Å². The van der Waals surface area contributed by atoms with Crippen LogP contribution >= 0.6 is 11.8 Å². The maximum Gasteiger partial charge on any atom is 0.344 e. The highest BCUT2D eigenvalue weighted by Gasteiger charge is 2.30. The topological polar surface area (TPSA) is 79.8 Å². The van der Waals surface area contributed by atoms with Crippen molar-refractivity contribution in [2.75, 3.05) is 0 Å². The lowest BCUT2D eigenvalue weighted by atomic mass is 10.1. The SMILES string of the molecule is Cc1ccc(CNC(=O)[C@@H](C)Sc2n[nH]c(=O)n2C2CC2)cc1. The number of hydrogen-bond donors (Lipinski definition) is 2. The molecule has 0 unspecified atom stereocenters. The van der Waals surface area contributed by atoms with Crippen molar-refractivity contribution in [1.29, 1.82) is 0 Å². The Morgan fingerprint density at radius 3 is 2.78 bits per heavy atom.